The van der Waals surface area contributed by atoms with Crippen molar-refractivity contribution in [3.63, 3.8) is 0 Å². The van der Waals surface area contributed by atoms with Gasteiger partial charge < -0.3 is 15.8 Å². The molecule has 1 heterocycles. The van der Waals surface area contributed by atoms with Crippen molar-refractivity contribution >= 4 is 29.0 Å². The Morgan fingerprint density at radius 1 is 1.37 bits per heavy atom. The van der Waals surface area contributed by atoms with Gasteiger partial charge in [-0.15, -0.1) is 0 Å². The van der Waals surface area contributed by atoms with Crippen LogP contribution in [0.25, 0.3) is 0 Å². The summed E-state index contributed by atoms with van der Waals surface area (Å²) in [5.74, 6) is 0.496. The third-order valence-corrected chi connectivity index (χ3v) is 2.55. The molecule has 1 aromatic heterocycles. The topological polar surface area (TPSA) is 77.2 Å². The fourth-order valence-electron chi connectivity index (χ4n) is 1.40. The van der Waals surface area contributed by atoms with E-state index >= 15 is 0 Å². The lowest BCUT2D eigenvalue weighted by Crippen LogP contribution is -2.21. The fourth-order valence-corrected chi connectivity index (χ4v) is 1.57. The van der Waals surface area contributed by atoms with Crippen molar-refractivity contribution in [3.8, 4) is 5.75 Å². The highest BCUT2D eigenvalue weighted by molar-refractivity contribution is 6.33. The average Bonchev–Trinajstić information content (AvgIpc) is 2.39. The number of pyridine rings is 1. The number of aromatic nitrogens is 1. The van der Waals surface area contributed by atoms with E-state index < -0.39 is 0 Å². The summed E-state index contributed by atoms with van der Waals surface area (Å²) < 4.78 is 5.30. The van der Waals surface area contributed by atoms with Gasteiger partial charge in [0.1, 0.15) is 5.75 Å². The van der Waals surface area contributed by atoms with Crippen LogP contribution in [0.15, 0.2) is 42.6 Å². The van der Waals surface area contributed by atoms with Crippen LogP contribution in [0.3, 0.4) is 0 Å². The van der Waals surface area contributed by atoms with E-state index in [2.05, 4.69) is 10.3 Å². The predicted octanol–water partition coefficient (Wildman–Crippen LogP) is 2.33. The van der Waals surface area contributed by atoms with Gasteiger partial charge in [-0.1, -0.05) is 17.7 Å². The van der Waals surface area contributed by atoms with Gasteiger partial charge in [0, 0.05) is 18.0 Å². The zero-order chi connectivity index (χ0) is 13.7. The van der Waals surface area contributed by atoms with Crippen molar-refractivity contribution < 1.29 is 9.53 Å². The van der Waals surface area contributed by atoms with Crippen LogP contribution in [-0.2, 0) is 4.79 Å². The summed E-state index contributed by atoms with van der Waals surface area (Å²) in [5, 5.41) is 2.93. The van der Waals surface area contributed by atoms with E-state index in [1.807, 2.05) is 0 Å². The van der Waals surface area contributed by atoms with Crippen LogP contribution in [0.1, 0.15) is 0 Å². The summed E-state index contributed by atoms with van der Waals surface area (Å²) in [7, 11) is 0. The summed E-state index contributed by atoms with van der Waals surface area (Å²) in [5.41, 5.74) is 6.18. The molecule has 0 radical (unpaired) electrons. The van der Waals surface area contributed by atoms with Gasteiger partial charge in [0.25, 0.3) is 5.91 Å². The summed E-state index contributed by atoms with van der Waals surface area (Å²) in [4.78, 5) is 15.6. The molecule has 0 bridgehead atoms. The maximum absolute atomic E-state index is 11.7. The van der Waals surface area contributed by atoms with E-state index in [1.165, 1.54) is 0 Å². The molecule has 19 heavy (non-hydrogen) atoms. The van der Waals surface area contributed by atoms with Crippen LogP contribution in [0, 0.1) is 0 Å². The zero-order valence-corrected chi connectivity index (χ0v) is 10.7. The first-order chi connectivity index (χ1) is 9.15. The fraction of sp³-hybridized carbons (Fsp3) is 0.0769. The molecule has 1 aromatic carbocycles. The minimum Gasteiger partial charge on any atom is -0.484 e. The van der Waals surface area contributed by atoms with E-state index in [1.54, 1.807) is 42.6 Å². The normalized spacial score (nSPS) is 9.95. The largest absolute Gasteiger partial charge is 0.484 e. The maximum Gasteiger partial charge on any atom is 0.263 e. The SMILES string of the molecule is Nc1cccc(OCC(=O)Nc2ncccc2Cl)c1. The number of hydrogen-bond donors (Lipinski definition) is 2. The van der Waals surface area contributed by atoms with E-state index in [0.29, 0.717) is 22.3 Å². The van der Waals surface area contributed by atoms with Gasteiger partial charge in [-0.05, 0) is 24.3 Å². The van der Waals surface area contributed by atoms with Crippen LogP contribution >= 0.6 is 11.6 Å². The highest BCUT2D eigenvalue weighted by Gasteiger charge is 2.07. The van der Waals surface area contributed by atoms with Crippen LogP contribution in [0.4, 0.5) is 11.5 Å². The van der Waals surface area contributed by atoms with E-state index in [4.69, 9.17) is 22.1 Å². The van der Waals surface area contributed by atoms with Crippen LogP contribution in [-0.4, -0.2) is 17.5 Å². The molecule has 0 aliphatic carbocycles. The Balaban J connectivity index is 1.90. The highest BCUT2D eigenvalue weighted by atomic mass is 35.5. The van der Waals surface area contributed by atoms with E-state index in [9.17, 15) is 4.79 Å². The lowest BCUT2D eigenvalue weighted by atomic mass is 10.3. The standard InChI is InChI=1S/C13H12ClN3O2/c14-11-5-2-6-16-13(11)17-12(18)8-19-10-4-1-3-9(15)7-10/h1-7H,8,15H2,(H,16,17,18). The van der Waals surface area contributed by atoms with Crippen molar-refractivity contribution in [1.82, 2.24) is 4.98 Å². The number of nitrogens with two attached hydrogens (primary N) is 1. The predicted molar refractivity (Wildman–Crippen MR) is 74.2 cm³/mol. The molecular weight excluding hydrogens is 266 g/mol. The molecule has 0 saturated heterocycles. The third-order valence-electron chi connectivity index (χ3n) is 2.24. The second-order valence-corrected chi connectivity index (χ2v) is 4.15. The van der Waals surface area contributed by atoms with Gasteiger partial charge in [0.05, 0.1) is 5.02 Å². The van der Waals surface area contributed by atoms with Gasteiger partial charge >= 0.3 is 0 Å². The number of ether oxygens (including phenoxy) is 1. The Bertz CT molecular complexity index is 590. The molecule has 5 nitrogen and oxygen atoms in total. The molecule has 0 fully saturated rings. The molecule has 0 aliphatic rings. The number of benzene rings is 1. The lowest BCUT2D eigenvalue weighted by Gasteiger charge is -2.08. The summed E-state index contributed by atoms with van der Waals surface area (Å²) in [6.45, 7) is -0.143. The number of rotatable bonds is 4. The molecule has 6 heteroatoms. The second kappa shape index (κ2) is 6.06. The number of carbonyl (C=O) groups excluding carboxylic acids is 1. The van der Waals surface area contributed by atoms with Crippen molar-refractivity contribution in [2.75, 3.05) is 17.7 Å². The zero-order valence-electron chi connectivity index (χ0n) is 9.97. The first-order valence-corrected chi connectivity index (χ1v) is 5.91. The Labute approximate surface area is 115 Å². The van der Waals surface area contributed by atoms with Gasteiger partial charge in [-0.3, -0.25) is 4.79 Å². The van der Waals surface area contributed by atoms with E-state index in [0.717, 1.165) is 0 Å². The van der Waals surface area contributed by atoms with Crippen molar-refractivity contribution in [2.24, 2.45) is 0 Å². The van der Waals surface area contributed by atoms with Gasteiger partial charge in [-0.2, -0.15) is 0 Å². The minimum absolute atomic E-state index is 0.143. The molecule has 1 amide bonds. The smallest absolute Gasteiger partial charge is 0.263 e. The van der Waals surface area contributed by atoms with Crippen LogP contribution in [0.5, 0.6) is 5.75 Å². The minimum atomic E-state index is -0.344. The Morgan fingerprint density at radius 2 is 2.21 bits per heavy atom. The Morgan fingerprint density at radius 3 is 2.95 bits per heavy atom. The molecule has 2 rings (SSSR count). The summed E-state index contributed by atoms with van der Waals surface area (Å²) in [6.07, 6.45) is 1.54. The Kier molecular flexibility index (Phi) is 4.20. The molecule has 0 saturated carbocycles. The number of hydrogen-bond acceptors (Lipinski definition) is 4. The summed E-state index contributed by atoms with van der Waals surface area (Å²) in [6, 6.07) is 10.2. The third kappa shape index (κ3) is 3.86. The summed E-state index contributed by atoms with van der Waals surface area (Å²) >= 11 is 5.87. The molecule has 0 spiro atoms. The van der Waals surface area contributed by atoms with Crippen LogP contribution < -0.4 is 15.8 Å². The van der Waals surface area contributed by atoms with Crippen LogP contribution in [0.2, 0.25) is 5.02 Å². The monoisotopic (exact) mass is 277 g/mol. The molecule has 0 aliphatic heterocycles. The van der Waals surface area contributed by atoms with Crippen molar-refractivity contribution in [3.05, 3.63) is 47.6 Å². The number of anilines is 2. The van der Waals surface area contributed by atoms with Gasteiger partial charge in [0.15, 0.2) is 12.4 Å². The number of halogens is 1. The first-order valence-electron chi connectivity index (χ1n) is 5.54. The molecule has 0 atom stereocenters. The quantitative estimate of drug-likeness (QED) is 0.841. The maximum atomic E-state index is 11.7. The average molecular weight is 278 g/mol. The van der Waals surface area contributed by atoms with E-state index in [-0.39, 0.29) is 12.5 Å². The molecule has 3 N–H and O–H groups in total. The second-order valence-electron chi connectivity index (χ2n) is 3.74. The Hall–Kier alpha value is -2.27. The highest BCUT2D eigenvalue weighted by Crippen LogP contribution is 2.17. The van der Waals surface area contributed by atoms with Gasteiger partial charge in [-0.25, -0.2) is 4.98 Å². The number of nitrogens with zero attached hydrogens (tertiary/aromatic N) is 1. The molecule has 2 aromatic rings. The number of carbonyl (C=O) groups is 1. The van der Waals surface area contributed by atoms with Crippen molar-refractivity contribution in [1.29, 1.82) is 0 Å². The number of amides is 1. The molecule has 0 unspecified atom stereocenters. The first kappa shape index (κ1) is 13.2. The van der Waals surface area contributed by atoms with Crippen molar-refractivity contribution in [2.45, 2.75) is 0 Å². The van der Waals surface area contributed by atoms with Gasteiger partial charge in [0.2, 0.25) is 0 Å². The molecular formula is C13H12ClN3O2. The number of nitrogens with one attached hydrogen (secondary N) is 1. The molecule has 98 valence electrons. The lowest BCUT2D eigenvalue weighted by molar-refractivity contribution is -0.118. The number of nitrogen functional groups attached to an aromatic ring is 1.